The van der Waals surface area contributed by atoms with Gasteiger partial charge in [0.1, 0.15) is 6.61 Å². The molecular weight excluding hydrogens is 468 g/mol. The zero-order chi connectivity index (χ0) is 23.8. The van der Waals surface area contributed by atoms with E-state index < -0.39 is 0 Å². The first kappa shape index (κ1) is 23.7. The Bertz CT molecular complexity index is 1320. The number of hydrogen-bond acceptors (Lipinski definition) is 5. The van der Waals surface area contributed by atoms with Crippen LogP contribution in [0.1, 0.15) is 11.1 Å². The normalized spacial score (nSPS) is 11.0. The van der Waals surface area contributed by atoms with E-state index in [1.54, 1.807) is 25.5 Å². The van der Waals surface area contributed by atoms with Gasteiger partial charge in [-0.3, -0.25) is 4.79 Å². The molecule has 1 amide bonds. The summed E-state index contributed by atoms with van der Waals surface area (Å²) in [4.78, 5) is 13.3. The molecule has 0 bridgehead atoms. The van der Waals surface area contributed by atoms with E-state index in [2.05, 4.69) is 28.7 Å². The molecule has 0 atom stereocenters. The number of nitrogens with one attached hydrogen (secondary N) is 1. The summed E-state index contributed by atoms with van der Waals surface area (Å²) in [5.41, 5.74) is 4.23. The van der Waals surface area contributed by atoms with Crippen molar-refractivity contribution in [2.45, 2.75) is 11.5 Å². The summed E-state index contributed by atoms with van der Waals surface area (Å²) in [6, 6.07) is 27.2. The number of carbonyl (C=O) groups excluding carboxylic acids is 1. The lowest BCUT2D eigenvalue weighted by Gasteiger charge is -2.12. The Morgan fingerprint density at radius 3 is 2.65 bits per heavy atom. The Kier molecular flexibility index (Phi) is 8.07. The quantitative estimate of drug-likeness (QED) is 0.169. The lowest BCUT2D eigenvalue weighted by molar-refractivity contribution is -0.118. The maximum Gasteiger partial charge on any atom is 0.250 e. The Labute approximate surface area is 207 Å². The number of halogens is 1. The largest absolute Gasteiger partial charge is 0.493 e. The van der Waals surface area contributed by atoms with Crippen LogP contribution in [-0.4, -0.2) is 25.0 Å². The molecule has 0 radical (unpaired) electrons. The van der Waals surface area contributed by atoms with Crippen LogP contribution in [0.2, 0.25) is 5.02 Å². The van der Waals surface area contributed by atoms with Gasteiger partial charge in [-0.1, -0.05) is 66.2 Å². The van der Waals surface area contributed by atoms with E-state index in [-0.39, 0.29) is 11.7 Å². The summed E-state index contributed by atoms with van der Waals surface area (Å²) in [6.07, 6.45) is 1.57. The minimum Gasteiger partial charge on any atom is -0.493 e. The van der Waals surface area contributed by atoms with Crippen molar-refractivity contribution in [3.05, 3.63) is 101 Å². The van der Waals surface area contributed by atoms with Crippen molar-refractivity contribution in [3.8, 4) is 11.5 Å². The van der Waals surface area contributed by atoms with Gasteiger partial charge < -0.3 is 9.47 Å². The third-order valence-corrected chi connectivity index (χ3v) is 6.48. The van der Waals surface area contributed by atoms with Crippen LogP contribution in [0.5, 0.6) is 11.5 Å². The summed E-state index contributed by atoms with van der Waals surface area (Å²) in [7, 11) is 1.57. The minimum absolute atomic E-state index is 0.180. The van der Waals surface area contributed by atoms with Gasteiger partial charge in [0.05, 0.1) is 19.1 Å². The van der Waals surface area contributed by atoms with E-state index in [4.69, 9.17) is 21.1 Å². The SMILES string of the molecule is COc1cc(C=NNC(=O)CSc2cccc3ccccc23)ccc1OCc1ccccc1Cl. The van der Waals surface area contributed by atoms with Crippen molar-refractivity contribution >= 4 is 46.3 Å². The van der Waals surface area contributed by atoms with Gasteiger partial charge in [0, 0.05) is 15.5 Å². The second kappa shape index (κ2) is 11.6. The van der Waals surface area contributed by atoms with E-state index in [0.717, 1.165) is 26.8 Å². The molecule has 0 saturated carbocycles. The predicted molar refractivity (Wildman–Crippen MR) is 139 cm³/mol. The van der Waals surface area contributed by atoms with Crippen LogP contribution in [0.25, 0.3) is 10.8 Å². The van der Waals surface area contributed by atoms with Gasteiger partial charge in [-0.2, -0.15) is 5.10 Å². The number of hydrogen-bond donors (Lipinski definition) is 1. The van der Waals surface area contributed by atoms with Gasteiger partial charge in [-0.15, -0.1) is 11.8 Å². The third-order valence-electron chi connectivity index (χ3n) is 5.04. The summed E-state index contributed by atoms with van der Waals surface area (Å²) >= 11 is 7.68. The van der Waals surface area contributed by atoms with Crippen LogP contribution < -0.4 is 14.9 Å². The van der Waals surface area contributed by atoms with Crippen LogP contribution in [0.4, 0.5) is 0 Å². The first-order valence-corrected chi connectivity index (χ1v) is 12.0. The molecule has 0 saturated heterocycles. The van der Waals surface area contributed by atoms with E-state index in [1.807, 2.05) is 54.6 Å². The molecule has 0 aliphatic carbocycles. The average Bonchev–Trinajstić information content (AvgIpc) is 2.87. The van der Waals surface area contributed by atoms with Crippen molar-refractivity contribution in [2.75, 3.05) is 12.9 Å². The summed E-state index contributed by atoms with van der Waals surface area (Å²) < 4.78 is 11.3. The Balaban J connectivity index is 1.32. The topological polar surface area (TPSA) is 59.9 Å². The number of benzene rings is 4. The fourth-order valence-corrected chi connectivity index (χ4v) is 4.39. The average molecular weight is 491 g/mol. The van der Waals surface area contributed by atoms with Gasteiger partial charge in [0.15, 0.2) is 11.5 Å². The maximum atomic E-state index is 12.3. The number of ether oxygens (including phenoxy) is 2. The van der Waals surface area contributed by atoms with Crippen molar-refractivity contribution in [2.24, 2.45) is 5.10 Å². The lowest BCUT2D eigenvalue weighted by Crippen LogP contribution is -2.19. The minimum atomic E-state index is -0.180. The molecule has 4 rings (SSSR count). The molecule has 0 fully saturated rings. The number of fused-ring (bicyclic) bond motifs is 1. The molecule has 0 aliphatic heterocycles. The van der Waals surface area contributed by atoms with Gasteiger partial charge in [0.2, 0.25) is 5.91 Å². The molecule has 0 aliphatic rings. The number of nitrogens with zero attached hydrogens (tertiary/aromatic N) is 1. The first-order chi connectivity index (χ1) is 16.6. The molecule has 0 aromatic heterocycles. The monoisotopic (exact) mass is 490 g/mol. The van der Waals surface area contributed by atoms with Gasteiger partial charge >= 0.3 is 0 Å². The molecule has 1 N–H and O–H groups in total. The number of hydrazone groups is 1. The lowest BCUT2D eigenvalue weighted by atomic mass is 10.1. The Morgan fingerprint density at radius 2 is 1.79 bits per heavy atom. The maximum absolute atomic E-state index is 12.3. The third kappa shape index (κ3) is 6.10. The summed E-state index contributed by atoms with van der Waals surface area (Å²) in [6.45, 7) is 0.327. The molecule has 7 heteroatoms. The molecule has 5 nitrogen and oxygen atoms in total. The van der Waals surface area contributed by atoms with Crippen molar-refractivity contribution in [1.29, 1.82) is 0 Å². The molecule has 4 aromatic rings. The highest BCUT2D eigenvalue weighted by molar-refractivity contribution is 8.00. The van der Waals surface area contributed by atoms with E-state index >= 15 is 0 Å². The number of amides is 1. The van der Waals surface area contributed by atoms with Crippen LogP contribution in [0.15, 0.2) is 94.9 Å². The molecule has 34 heavy (non-hydrogen) atoms. The van der Waals surface area contributed by atoms with Crippen LogP contribution in [0.3, 0.4) is 0 Å². The molecule has 4 aromatic carbocycles. The Morgan fingerprint density at radius 1 is 1.00 bits per heavy atom. The highest BCUT2D eigenvalue weighted by atomic mass is 35.5. The fourth-order valence-electron chi connectivity index (χ4n) is 3.33. The molecule has 172 valence electrons. The van der Waals surface area contributed by atoms with E-state index in [1.165, 1.54) is 11.8 Å². The van der Waals surface area contributed by atoms with Crippen LogP contribution in [-0.2, 0) is 11.4 Å². The highest BCUT2D eigenvalue weighted by Gasteiger charge is 2.08. The summed E-state index contributed by atoms with van der Waals surface area (Å²) in [5.74, 6) is 1.24. The smallest absolute Gasteiger partial charge is 0.250 e. The fraction of sp³-hybridized carbons (Fsp3) is 0.111. The van der Waals surface area contributed by atoms with Crippen LogP contribution in [0, 0.1) is 0 Å². The van der Waals surface area contributed by atoms with Crippen LogP contribution >= 0.6 is 23.4 Å². The van der Waals surface area contributed by atoms with Gasteiger partial charge in [0.25, 0.3) is 0 Å². The van der Waals surface area contributed by atoms with Crippen molar-refractivity contribution in [3.63, 3.8) is 0 Å². The van der Waals surface area contributed by atoms with Gasteiger partial charge in [-0.05, 0) is 46.7 Å². The van der Waals surface area contributed by atoms with Crippen molar-refractivity contribution in [1.82, 2.24) is 5.43 Å². The molecular formula is C27H23ClN2O3S. The number of carbonyl (C=O) groups is 1. The first-order valence-electron chi connectivity index (χ1n) is 10.6. The predicted octanol–water partition coefficient (Wildman–Crippen LogP) is 6.32. The zero-order valence-electron chi connectivity index (χ0n) is 18.5. The number of thioether (sulfide) groups is 1. The Hall–Kier alpha value is -3.48. The second-order valence-electron chi connectivity index (χ2n) is 7.35. The van der Waals surface area contributed by atoms with E-state index in [9.17, 15) is 4.79 Å². The van der Waals surface area contributed by atoms with Crippen molar-refractivity contribution < 1.29 is 14.3 Å². The number of rotatable bonds is 9. The highest BCUT2D eigenvalue weighted by Crippen LogP contribution is 2.29. The molecule has 0 heterocycles. The number of methoxy groups -OCH3 is 1. The standard InChI is InChI=1S/C27H23ClN2O3S/c1-32-25-15-19(13-14-24(25)33-17-21-8-3-5-11-23(21)28)16-29-30-27(31)18-34-26-12-6-9-20-7-2-4-10-22(20)26/h2-16H,17-18H2,1H3,(H,30,31). The molecule has 0 unspecified atom stereocenters. The second-order valence-corrected chi connectivity index (χ2v) is 8.77. The van der Waals surface area contributed by atoms with E-state index in [0.29, 0.717) is 23.1 Å². The zero-order valence-corrected chi connectivity index (χ0v) is 20.1. The molecule has 0 spiro atoms. The van der Waals surface area contributed by atoms with Gasteiger partial charge in [-0.25, -0.2) is 5.43 Å². The summed E-state index contributed by atoms with van der Waals surface area (Å²) in [5, 5.41) is 7.01.